The second-order valence-electron chi connectivity index (χ2n) is 5.28. The van der Waals surface area contributed by atoms with E-state index in [1.165, 1.54) is 11.8 Å². The lowest BCUT2D eigenvalue weighted by Gasteiger charge is -2.09. The summed E-state index contributed by atoms with van der Waals surface area (Å²) >= 11 is 0. The molecule has 7 heteroatoms. The van der Waals surface area contributed by atoms with E-state index in [1.807, 2.05) is 14.1 Å². The first-order valence-corrected chi connectivity index (χ1v) is 7.14. The van der Waals surface area contributed by atoms with Crippen molar-refractivity contribution >= 4 is 29.1 Å². The Balaban J connectivity index is 2.40. The third-order valence-corrected chi connectivity index (χ3v) is 2.81. The molecular formula is C15H23N4O3+. The summed E-state index contributed by atoms with van der Waals surface area (Å²) < 4.78 is 0. The summed E-state index contributed by atoms with van der Waals surface area (Å²) in [5, 5.41) is 7.70. The zero-order chi connectivity index (χ0) is 16.5. The van der Waals surface area contributed by atoms with E-state index in [4.69, 9.17) is 0 Å². The highest BCUT2D eigenvalue weighted by atomic mass is 16.2. The summed E-state index contributed by atoms with van der Waals surface area (Å²) in [4.78, 5) is 35.5. The molecule has 0 bridgehead atoms. The lowest BCUT2D eigenvalue weighted by atomic mass is 10.2. The van der Waals surface area contributed by atoms with Crippen LogP contribution in [-0.2, 0) is 14.4 Å². The lowest BCUT2D eigenvalue weighted by molar-refractivity contribution is -0.858. The molecule has 4 N–H and O–H groups in total. The fourth-order valence-corrected chi connectivity index (χ4v) is 1.75. The summed E-state index contributed by atoms with van der Waals surface area (Å²) in [6.45, 7) is 2.81. The molecule has 7 nitrogen and oxygen atoms in total. The zero-order valence-electron chi connectivity index (χ0n) is 13.2. The number of nitrogens with one attached hydrogen (secondary N) is 4. The maximum absolute atomic E-state index is 11.7. The number of carbonyl (C=O) groups excluding carboxylic acids is 3. The van der Waals surface area contributed by atoms with E-state index < -0.39 is 11.8 Å². The van der Waals surface area contributed by atoms with E-state index in [-0.39, 0.29) is 5.91 Å². The molecule has 0 heterocycles. The Hall–Kier alpha value is -2.41. The molecule has 0 aliphatic carbocycles. The van der Waals surface area contributed by atoms with Crippen LogP contribution in [0.1, 0.15) is 13.3 Å². The van der Waals surface area contributed by atoms with Crippen molar-refractivity contribution in [2.75, 3.05) is 37.8 Å². The Bertz CT molecular complexity index is 526. The van der Waals surface area contributed by atoms with Crippen LogP contribution in [-0.4, -0.2) is 44.9 Å². The van der Waals surface area contributed by atoms with Gasteiger partial charge in [0.2, 0.25) is 5.91 Å². The van der Waals surface area contributed by atoms with Crippen LogP contribution in [0.5, 0.6) is 0 Å². The average Bonchev–Trinajstić information content (AvgIpc) is 2.44. The van der Waals surface area contributed by atoms with E-state index in [2.05, 4.69) is 16.0 Å². The molecular weight excluding hydrogens is 284 g/mol. The molecule has 0 unspecified atom stereocenters. The molecule has 0 atom stereocenters. The van der Waals surface area contributed by atoms with Crippen LogP contribution in [0.15, 0.2) is 24.3 Å². The molecule has 0 saturated carbocycles. The van der Waals surface area contributed by atoms with Crippen molar-refractivity contribution in [3.8, 4) is 0 Å². The Morgan fingerprint density at radius 2 is 1.50 bits per heavy atom. The maximum Gasteiger partial charge on any atom is 0.313 e. The van der Waals surface area contributed by atoms with Gasteiger partial charge < -0.3 is 20.9 Å². The molecule has 0 fully saturated rings. The van der Waals surface area contributed by atoms with Crippen LogP contribution in [0.25, 0.3) is 0 Å². The van der Waals surface area contributed by atoms with Crippen molar-refractivity contribution < 1.29 is 19.3 Å². The minimum Gasteiger partial charge on any atom is -0.348 e. The SMILES string of the molecule is CC(=O)Nc1ccc(NC(=O)C(=O)NCCC[NH+](C)C)cc1. The van der Waals surface area contributed by atoms with Crippen molar-refractivity contribution in [2.24, 2.45) is 0 Å². The van der Waals surface area contributed by atoms with E-state index >= 15 is 0 Å². The molecule has 1 rings (SSSR count). The number of carbonyl (C=O) groups is 3. The third-order valence-electron chi connectivity index (χ3n) is 2.81. The largest absolute Gasteiger partial charge is 0.348 e. The van der Waals surface area contributed by atoms with Gasteiger partial charge in [-0.3, -0.25) is 14.4 Å². The van der Waals surface area contributed by atoms with Gasteiger partial charge in [-0.15, -0.1) is 0 Å². The van der Waals surface area contributed by atoms with Crippen LogP contribution in [0.4, 0.5) is 11.4 Å². The van der Waals surface area contributed by atoms with Crippen molar-refractivity contribution in [2.45, 2.75) is 13.3 Å². The molecule has 1 aromatic carbocycles. The number of quaternary nitrogens is 1. The third kappa shape index (κ3) is 6.85. The first-order chi connectivity index (χ1) is 10.4. The second kappa shape index (κ2) is 8.78. The Kier molecular flexibility index (Phi) is 7.04. The van der Waals surface area contributed by atoms with Crippen LogP contribution in [0.2, 0.25) is 0 Å². The number of amides is 3. The fraction of sp³-hybridized carbons (Fsp3) is 0.400. The standard InChI is InChI=1S/C15H22N4O3/c1-11(20)17-12-5-7-13(8-6-12)18-15(22)14(21)16-9-4-10-19(2)3/h5-8H,4,9-10H2,1-3H3,(H,16,21)(H,17,20)(H,18,22)/p+1. The molecule has 0 radical (unpaired) electrons. The smallest absolute Gasteiger partial charge is 0.313 e. The first-order valence-electron chi connectivity index (χ1n) is 7.14. The summed E-state index contributed by atoms with van der Waals surface area (Å²) in [6, 6.07) is 6.53. The second-order valence-corrected chi connectivity index (χ2v) is 5.28. The molecule has 0 spiro atoms. The topological polar surface area (TPSA) is 91.7 Å². The number of rotatable bonds is 6. The zero-order valence-corrected chi connectivity index (χ0v) is 13.2. The molecule has 3 amide bonds. The van der Waals surface area contributed by atoms with Gasteiger partial charge in [0.05, 0.1) is 20.6 Å². The van der Waals surface area contributed by atoms with Crippen molar-refractivity contribution in [3.05, 3.63) is 24.3 Å². The van der Waals surface area contributed by atoms with E-state index in [1.54, 1.807) is 24.3 Å². The Morgan fingerprint density at radius 3 is 2.00 bits per heavy atom. The van der Waals surface area contributed by atoms with Gasteiger partial charge in [0, 0.05) is 31.3 Å². The fourth-order valence-electron chi connectivity index (χ4n) is 1.75. The van der Waals surface area contributed by atoms with Gasteiger partial charge in [-0.05, 0) is 24.3 Å². The van der Waals surface area contributed by atoms with Gasteiger partial charge in [-0.1, -0.05) is 0 Å². The highest BCUT2D eigenvalue weighted by Crippen LogP contribution is 2.13. The predicted octanol–water partition coefficient (Wildman–Crippen LogP) is -0.766. The summed E-state index contributed by atoms with van der Waals surface area (Å²) in [7, 11) is 4.05. The van der Waals surface area contributed by atoms with Gasteiger partial charge in [0.1, 0.15) is 0 Å². The summed E-state index contributed by atoms with van der Waals surface area (Å²) in [5.41, 5.74) is 1.12. The maximum atomic E-state index is 11.7. The minimum absolute atomic E-state index is 0.171. The highest BCUT2D eigenvalue weighted by molar-refractivity contribution is 6.39. The van der Waals surface area contributed by atoms with Gasteiger partial charge in [0.15, 0.2) is 0 Å². The normalized spacial score (nSPS) is 10.2. The number of anilines is 2. The monoisotopic (exact) mass is 307 g/mol. The Labute approximate surface area is 130 Å². The highest BCUT2D eigenvalue weighted by Gasteiger charge is 2.13. The summed E-state index contributed by atoms with van der Waals surface area (Å²) in [6.07, 6.45) is 0.812. The van der Waals surface area contributed by atoms with E-state index in [0.717, 1.165) is 13.0 Å². The van der Waals surface area contributed by atoms with Crippen molar-refractivity contribution in [1.82, 2.24) is 5.32 Å². The van der Waals surface area contributed by atoms with Crippen LogP contribution < -0.4 is 20.9 Å². The van der Waals surface area contributed by atoms with Crippen LogP contribution in [0, 0.1) is 0 Å². The molecule has 1 aromatic rings. The predicted molar refractivity (Wildman–Crippen MR) is 84.7 cm³/mol. The number of hydrogen-bond acceptors (Lipinski definition) is 3. The molecule has 0 aliphatic heterocycles. The molecule has 0 aliphatic rings. The minimum atomic E-state index is -0.704. The van der Waals surface area contributed by atoms with Crippen LogP contribution in [0.3, 0.4) is 0 Å². The van der Waals surface area contributed by atoms with Gasteiger partial charge in [0.25, 0.3) is 0 Å². The Morgan fingerprint density at radius 1 is 0.955 bits per heavy atom. The lowest BCUT2D eigenvalue weighted by Crippen LogP contribution is -3.05. The molecule has 0 aromatic heterocycles. The van der Waals surface area contributed by atoms with E-state index in [9.17, 15) is 14.4 Å². The van der Waals surface area contributed by atoms with Gasteiger partial charge in [-0.2, -0.15) is 0 Å². The van der Waals surface area contributed by atoms with Crippen molar-refractivity contribution in [1.29, 1.82) is 0 Å². The first kappa shape index (κ1) is 17.6. The molecule has 22 heavy (non-hydrogen) atoms. The summed E-state index contributed by atoms with van der Waals surface area (Å²) in [5.74, 6) is -1.53. The van der Waals surface area contributed by atoms with Crippen molar-refractivity contribution in [3.63, 3.8) is 0 Å². The molecule has 120 valence electrons. The molecule has 0 saturated heterocycles. The number of hydrogen-bond donors (Lipinski definition) is 4. The van der Waals surface area contributed by atoms with Crippen LogP contribution >= 0.6 is 0 Å². The van der Waals surface area contributed by atoms with Gasteiger partial charge in [-0.25, -0.2) is 0 Å². The quantitative estimate of drug-likeness (QED) is 0.411. The number of benzene rings is 1. The van der Waals surface area contributed by atoms with Gasteiger partial charge >= 0.3 is 11.8 Å². The van der Waals surface area contributed by atoms with E-state index in [0.29, 0.717) is 17.9 Å². The average molecular weight is 307 g/mol.